The molecule has 1 heterocycles. The van der Waals surface area contributed by atoms with E-state index in [4.69, 9.17) is 0 Å². The van der Waals surface area contributed by atoms with Crippen molar-refractivity contribution in [1.82, 2.24) is 9.97 Å². The van der Waals surface area contributed by atoms with Gasteiger partial charge in [0.1, 0.15) is 11.8 Å². The molecule has 106 valence electrons. The number of hydrogen-bond donors (Lipinski definition) is 2. The molecule has 3 rings (SSSR count). The highest BCUT2D eigenvalue weighted by Crippen LogP contribution is 2.18. The lowest BCUT2D eigenvalue weighted by Gasteiger charge is -2.02. The molecule has 1 aromatic heterocycles. The molecule has 0 fully saturated rings. The lowest BCUT2D eigenvalue weighted by molar-refractivity contribution is 0.475. The van der Waals surface area contributed by atoms with E-state index in [1.807, 2.05) is 6.07 Å². The van der Waals surface area contributed by atoms with Crippen molar-refractivity contribution in [2.24, 2.45) is 0 Å². The Morgan fingerprint density at radius 2 is 2.05 bits per heavy atom. The van der Waals surface area contributed by atoms with E-state index in [9.17, 15) is 15.2 Å². The number of allylic oxidation sites excluding steroid dienone is 1. The van der Waals surface area contributed by atoms with Gasteiger partial charge in [-0.1, -0.05) is 24.3 Å². The van der Waals surface area contributed by atoms with Gasteiger partial charge < -0.3 is 10.1 Å². The molecular formula is C17H11N3O2. The maximum Gasteiger partial charge on any atom is 0.259 e. The van der Waals surface area contributed by atoms with E-state index in [0.29, 0.717) is 16.5 Å². The molecule has 0 aliphatic rings. The number of hydrogen-bond acceptors (Lipinski definition) is 4. The van der Waals surface area contributed by atoms with E-state index >= 15 is 0 Å². The first-order chi connectivity index (χ1) is 10.7. The monoisotopic (exact) mass is 289 g/mol. The first-order valence-corrected chi connectivity index (χ1v) is 6.57. The Balaban J connectivity index is 2.16. The topological polar surface area (TPSA) is 89.8 Å². The molecule has 2 N–H and O–H groups in total. The Bertz CT molecular complexity index is 981. The second kappa shape index (κ2) is 5.54. The SMILES string of the molecule is N#CC(=Cc1cccc(O)c1)c1nc2ccccc2c(=O)[nH]1. The second-order valence-electron chi connectivity index (χ2n) is 4.70. The van der Waals surface area contributed by atoms with Gasteiger partial charge in [0.05, 0.1) is 16.5 Å². The number of nitriles is 1. The number of phenols is 1. The summed E-state index contributed by atoms with van der Waals surface area (Å²) in [7, 11) is 0. The van der Waals surface area contributed by atoms with Crippen LogP contribution in [0.3, 0.4) is 0 Å². The maximum atomic E-state index is 12.1. The smallest absolute Gasteiger partial charge is 0.259 e. The van der Waals surface area contributed by atoms with Gasteiger partial charge in [-0.2, -0.15) is 5.26 Å². The number of fused-ring (bicyclic) bond motifs is 1. The highest BCUT2D eigenvalue weighted by Gasteiger charge is 2.08. The number of aromatic hydroxyl groups is 1. The zero-order valence-corrected chi connectivity index (χ0v) is 11.4. The molecule has 0 bridgehead atoms. The molecule has 2 aromatic carbocycles. The number of nitrogens with one attached hydrogen (secondary N) is 1. The third kappa shape index (κ3) is 2.58. The lowest BCUT2D eigenvalue weighted by atomic mass is 10.1. The van der Waals surface area contributed by atoms with Gasteiger partial charge in [0, 0.05) is 0 Å². The lowest BCUT2D eigenvalue weighted by Crippen LogP contribution is -2.11. The Hall–Kier alpha value is -3.39. The summed E-state index contributed by atoms with van der Waals surface area (Å²) in [6, 6.07) is 15.4. The zero-order valence-electron chi connectivity index (χ0n) is 11.4. The molecule has 0 aliphatic heterocycles. The summed E-state index contributed by atoms with van der Waals surface area (Å²) in [6.07, 6.45) is 1.56. The number of phenolic OH excluding ortho intramolecular Hbond substituents is 1. The van der Waals surface area contributed by atoms with Crippen molar-refractivity contribution in [2.75, 3.05) is 0 Å². The summed E-state index contributed by atoms with van der Waals surface area (Å²) in [4.78, 5) is 19.0. The van der Waals surface area contributed by atoms with Crippen LogP contribution in [-0.2, 0) is 0 Å². The third-order valence-electron chi connectivity index (χ3n) is 3.17. The average molecular weight is 289 g/mol. The standard InChI is InChI=1S/C17H11N3O2/c18-10-12(8-11-4-3-5-13(21)9-11)16-19-15-7-2-1-6-14(15)17(22)20-16/h1-9,21H,(H,19,20,22). The predicted molar refractivity (Wildman–Crippen MR) is 84.0 cm³/mol. The molecule has 5 nitrogen and oxygen atoms in total. The van der Waals surface area contributed by atoms with Crippen molar-refractivity contribution in [3.05, 3.63) is 70.3 Å². The molecule has 0 aliphatic carbocycles. The Morgan fingerprint density at radius 3 is 2.82 bits per heavy atom. The number of benzene rings is 2. The van der Waals surface area contributed by atoms with Crippen molar-refractivity contribution in [3.63, 3.8) is 0 Å². The highest BCUT2D eigenvalue weighted by molar-refractivity contribution is 5.89. The van der Waals surface area contributed by atoms with E-state index in [1.165, 1.54) is 6.07 Å². The van der Waals surface area contributed by atoms with Crippen LogP contribution in [-0.4, -0.2) is 15.1 Å². The first kappa shape index (κ1) is 13.6. The molecule has 0 saturated carbocycles. The van der Waals surface area contributed by atoms with Crippen molar-refractivity contribution in [2.45, 2.75) is 0 Å². The molecule has 0 atom stereocenters. The number of H-pyrrole nitrogens is 1. The Labute approximate surface area is 125 Å². The van der Waals surface area contributed by atoms with Crippen molar-refractivity contribution < 1.29 is 5.11 Å². The van der Waals surface area contributed by atoms with Crippen LogP contribution in [0, 0.1) is 11.3 Å². The summed E-state index contributed by atoms with van der Waals surface area (Å²) in [6.45, 7) is 0. The van der Waals surface area contributed by atoms with Gasteiger partial charge in [-0.25, -0.2) is 4.98 Å². The number of aromatic nitrogens is 2. The normalized spacial score (nSPS) is 11.3. The number of rotatable bonds is 2. The average Bonchev–Trinajstić information content (AvgIpc) is 2.52. The van der Waals surface area contributed by atoms with Gasteiger partial charge in [0.25, 0.3) is 5.56 Å². The Kier molecular flexibility index (Phi) is 3.42. The van der Waals surface area contributed by atoms with E-state index in [2.05, 4.69) is 9.97 Å². The molecular weight excluding hydrogens is 278 g/mol. The predicted octanol–water partition coefficient (Wildman–Crippen LogP) is 2.69. The van der Waals surface area contributed by atoms with Gasteiger partial charge in [0.15, 0.2) is 5.82 Å². The van der Waals surface area contributed by atoms with Crippen molar-refractivity contribution in [1.29, 1.82) is 5.26 Å². The van der Waals surface area contributed by atoms with E-state index in [-0.39, 0.29) is 22.7 Å². The van der Waals surface area contributed by atoms with Crippen LogP contribution in [0.1, 0.15) is 11.4 Å². The van der Waals surface area contributed by atoms with Crippen molar-refractivity contribution >= 4 is 22.6 Å². The van der Waals surface area contributed by atoms with Crippen LogP contribution in [0.2, 0.25) is 0 Å². The maximum absolute atomic E-state index is 12.1. The number of aromatic amines is 1. The van der Waals surface area contributed by atoms with Gasteiger partial charge in [-0.05, 0) is 35.9 Å². The fourth-order valence-electron chi connectivity index (χ4n) is 2.15. The van der Waals surface area contributed by atoms with E-state index in [0.717, 1.165) is 0 Å². The van der Waals surface area contributed by atoms with Crippen LogP contribution >= 0.6 is 0 Å². The Morgan fingerprint density at radius 1 is 1.23 bits per heavy atom. The molecule has 0 saturated heterocycles. The van der Waals surface area contributed by atoms with Crippen molar-refractivity contribution in [3.8, 4) is 11.8 Å². The summed E-state index contributed by atoms with van der Waals surface area (Å²) >= 11 is 0. The van der Waals surface area contributed by atoms with Gasteiger partial charge in [-0.15, -0.1) is 0 Å². The van der Waals surface area contributed by atoms with Crippen LogP contribution in [0.25, 0.3) is 22.6 Å². The number of nitrogens with zero attached hydrogens (tertiary/aromatic N) is 2. The molecule has 5 heteroatoms. The van der Waals surface area contributed by atoms with E-state index < -0.39 is 0 Å². The third-order valence-corrected chi connectivity index (χ3v) is 3.17. The summed E-state index contributed by atoms with van der Waals surface area (Å²) < 4.78 is 0. The molecule has 0 spiro atoms. The summed E-state index contributed by atoms with van der Waals surface area (Å²) in [5.41, 5.74) is 1.09. The molecule has 0 radical (unpaired) electrons. The van der Waals surface area contributed by atoms with Gasteiger partial charge >= 0.3 is 0 Å². The number of para-hydroxylation sites is 1. The van der Waals surface area contributed by atoms with Gasteiger partial charge in [-0.3, -0.25) is 4.79 Å². The summed E-state index contributed by atoms with van der Waals surface area (Å²) in [5, 5.41) is 19.3. The molecule has 3 aromatic rings. The van der Waals surface area contributed by atoms with Gasteiger partial charge in [0.2, 0.25) is 0 Å². The second-order valence-corrected chi connectivity index (χ2v) is 4.70. The minimum atomic E-state index is -0.294. The minimum absolute atomic E-state index is 0.103. The minimum Gasteiger partial charge on any atom is -0.508 e. The fourth-order valence-corrected chi connectivity index (χ4v) is 2.15. The van der Waals surface area contributed by atoms with E-state index in [1.54, 1.807) is 48.5 Å². The molecule has 0 amide bonds. The highest BCUT2D eigenvalue weighted by atomic mass is 16.3. The quantitative estimate of drug-likeness (QED) is 0.710. The van der Waals surface area contributed by atoms with Crippen LogP contribution in [0.4, 0.5) is 0 Å². The first-order valence-electron chi connectivity index (χ1n) is 6.57. The fraction of sp³-hybridized carbons (Fsp3) is 0. The molecule has 22 heavy (non-hydrogen) atoms. The largest absolute Gasteiger partial charge is 0.508 e. The van der Waals surface area contributed by atoms with Crippen LogP contribution < -0.4 is 5.56 Å². The van der Waals surface area contributed by atoms with Crippen LogP contribution in [0.5, 0.6) is 5.75 Å². The zero-order chi connectivity index (χ0) is 15.5. The summed E-state index contributed by atoms with van der Waals surface area (Å²) in [5.74, 6) is 0.306. The molecule has 0 unspecified atom stereocenters. The van der Waals surface area contributed by atoms with Crippen LogP contribution in [0.15, 0.2) is 53.3 Å².